The smallest absolute Gasteiger partial charge is 0.0780 e. The van der Waals surface area contributed by atoms with Gasteiger partial charge in [0.2, 0.25) is 0 Å². The van der Waals surface area contributed by atoms with Gasteiger partial charge < -0.3 is 0 Å². The van der Waals surface area contributed by atoms with Crippen molar-refractivity contribution in [1.29, 1.82) is 0 Å². The quantitative estimate of drug-likeness (QED) is 0.847. The van der Waals surface area contributed by atoms with E-state index in [1.165, 1.54) is 30.0 Å². The number of rotatable bonds is 3. The second kappa shape index (κ2) is 5.80. The topological polar surface area (TPSA) is 25.2 Å². The first kappa shape index (κ1) is 14.8. The number of nitrogens with zero attached hydrogens (tertiary/aromatic N) is 2. The van der Waals surface area contributed by atoms with Crippen LogP contribution in [-0.4, -0.2) is 17.2 Å². The molecule has 0 radical (unpaired) electrons. The lowest BCUT2D eigenvalue weighted by molar-refractivity contribution is 0.139. The molecule has 1 aromatic carbocycles. The van der Waals surface area contributed by atoms with Gasteiger partial charge in [0.05, 0.1) is 17.1 Å². The highest BCUT2D eigenvalue weighted by atomic mass is 14.8. The SMILES string of the molecule is C1=CC(C2(C3CCC3)C=c3nc(-c4ccccc4)ccc3=CC2)N=C1. The second-order valence-corrected chi connectivity index (χ2v) is 7.46. The number of aliphatic imine (C=N–C) groups is 1. The van der Waals surface area contributed by atoms with Crippen LogP contribution in [0.1, 0.15) is 25.7 Å². The van der Waals surface area contributed by atoms with Crippen LogP contribution in [0.15, 0.2) is 59.6 Å². The molecule has 0 bridgehead atoms. The molecule has 5 rings (SSSR count). The fourth-order valence-electron chi connectivity index (χ4n) is 4.49. The van der Waals surface area contributed by atoms with Crippen molar-refractivity contribution in [2.75, 3.05) is 0 Å². The van der Waals surface area contributed by atoms with E-state index in [1.54, 1.807) is 0 Å². The Labute approximate surface area is 148 Å². The normalized spacial score (nSPS) is 27.3. The zero-order valence-electron chi connectivity index (χ0n) is 14.3. The molecule has 2 aliphatic carbocycles. The van der Waals surface area contributed by atoms with E-state index in [0.717, 1.165) is 23.4 Å². The number of hydrogen-bond acceptors (Lipinski definition) is 2. The highest BCUT2D eigenvalue weighted by molar-refractivity contribution is 5.75. The van der Waals surface area contributed by atoms with Crippen molar-refractivity contribution >= 4 is 18.4 Å². The van der Waals surface area contributed by atoms with Crippen LogP contribution >= 0.6 is 0 Å². The predicted octanol–water partition coefficient (Wildman–Crippen LogP) is 3.51. The van der Waals surface area contributed by atoms with Gasteiger partial charge in [0, 0.05) is 17.2 Å². The van der Waals surface area contributed by atoms with Gasteiger partial charge in [-0.25, -0.2) is 4.98 Å². The van der Waals surface area contributed by atoms with Crippen LogP contribution in [0.25, 0.3) is 23.4 Å². The van der Waals surface area contributed by atoms with E-state index in [9.17, 15) is 0 Å². The van der Waals surface area contributed by atoms with Crippen molar-refractivity contribution < 1.29 is 0 Å². The van der Waals surface area contributed by atoms with Crippen LogP contribution in [0.5, 0.6) is 0 Å². The Balaban J connectivity index is 1.65. The van der Waals surface area contributed by atoms with Gasteiger partial charge in [-0.05, 0) is 48.6 Å². The van der Waals surface area contributed by atoms with Crippen molar-refractivity contribution in [3.8, 4) is 11.3 Å². The standard InChI is InChI=1S/C23H22N2/c1-2-6-17(7-3-1)20-12-11-18-13-14-23(16-21(18)25-20,19-8-4-9-19)22-10-5-15-24-22/h1-3,5-7,10-13,15-16,19,22H,4,8-9,14H2. The van der Waals surface area contributed by atoms with E-state index in [4.69, 9.17) is 9.98 Å². The van der Waals surface area contributed by atoms with Gasteiger partial charge in [-0.2, -0.15) is 0 Å². The van der Waals surface area contributed by atoms with Gasteiger partial charge in [0.1, 0.15) is 0 Å². The van der Waals surface area contributed by atoms with E-state index < -0.39 is 0 Å². The minimum atomic E-state index is 0.108. The molecule has 0 spiro atoms. The average molecular weight is 326 g/mol. The molecule has 25 heavy (non-hydrogen) atoms. The lowest BCUT2D eigenvalue weighted by Crippen LogP contribution is -2.47. The summed E-state index contributed by atoms with van der Waals surface area (Å²) in [6, 6.07) is 15.1. The number of allylic oxidation sites excluding steroid dienone is 1. The van der Waals surface area contributed by atoms with Crippen molar-refractivity contribution in [2.45, 2.75) is 31.7 Å². The summed E-state index contributed by atoms with van der Waals surface area (Å²) in [5.41, 5.74) is 2.34. The molecule has 2 aromatic rings. The largest absolute Gasteiger partial charge is 0.285 e. The fraction of sp³-hybridized carbons (Fsp3) is 0.304. The number of pyridine rings is 1. The number of hydrogen-bond donors (Lipinski definition) is 0. The molecule has 3 aliphatic rings. The first-order chi connectivity index (χ1) is 12.4. The Bertz CT molecular complexity index is 955. The van der Waals surface area contributed by atoms with Gasteiger partial charge in [-0.15, -0.1) is 0 Å². The van der Waals surface area contributed by atoms with E-state index >= 15 is 0 Å². The minimum Gasteiger partial charge on any atom is -0.285 e. The molecule has 2 heteroatoms. The van der Waals surface area contributed by atoms with Crippen molar-refractivity contribution in [1.82, 2.24) is 4.98 Å². The third-order valence-corrected chi connectivity index (χ3v) is 6.15. The lowest BCUT2D eigenvalue weighted by atomic mass is 9.59. The molecule has 2 unspecified atom stereocenters. The number of aromatic nitrogens is 1. The molecule has 124 valence electrons. The van der Waals surface area contributed by atoms with Crippen LogP contribution in [-0.2, 0) is 0 Å². The van der Waals surface area contributed by atoms with Gasteiger partial charge in [-0.3, -0.25) is 4.99 Å². The average Bonchev–Trinajstić information content (AvgIpc) is 3.16. The monoisotopic (exact) mass is 326 g/mol. The molecule has 0 N–H and O–H groups in total. The van der Waals surface area contributed by atoms with Crippen molar-refractivity contribution in [3.05, 3.63) is 65.2 Å². The third kappa shape index (κ3) is 2.39. The molecule has 1 aromatic heterocycles. The summed E-state index contributed by atoms with van der Waals surface area (Å²) in [5, 5.41) is 2.40. The zero-order chi connectivity index (χ0) is 16.7. The maximum atomic E-state index is 5.03. The Kier molecular flexibility index (Phi) is 3.44. The van der Waals surface area contributed by atoms with Gasteiger partial charge in [0.15, 0.2) is 0 Å². The fourth-order valence-corrected chi connectivity index (χ4v) is 4.49. The highest BCUT2D eigenvalue weighted by Gasteiger charge is 2.45. The summed E-state index contributed by atoms with van der Waals surface area (Å²) >= 11 is 0. The summed E-state index contributed by atoms with van der Waals surface area (Å²) in [7, 11) is 0. The summed E-state index contributed by atoms with van der Waals surface area (Å²) in [6.07, 6.45) is 16.2. The third-order valence-electron chi connectivity index (χ3n) is 6.15. The van der Waals surface area contributed by atoms with Crippen molar-refractivity contribution in [2.24, 2.45) is 16.3 Å². The molecular weight excluding hydrogens is 304 g/mol. The zero-order valence-corrected chi connectivity index (χ0v) is 14.3. The molecular formula is C23H22N2. The molecule has 2 atom stereocenters. The summed E-state index contributed by atoms with van der Waals surface area (Å²) in [4.78, 5) is 9.80. The summed E-state index contributed by atoms with van der Waals surface area (Å²) < 4.78 is 0. The number of fused-ring (bicyclic) bond motifs is 1. The van der Waals surface area contributed by atoms with E-state index in [2.05, 4.69) is 60.7 Å². The lowest BCUT2D eigenvalue weighted by Gasteiger charge is -2.46. The first-order valence-electron chi connectivity index (χ1n) is 9.31. The Morgan fingerprint density at radius 3 is 2.60 bits per heavy atom. The van der Waals surface area contributed by atoms with Gasteiger partial charge >= 0.3 is 0 Å². The van der Waals surface area contributed by atoms with Crippen LogP contribution in [0.4, 0.5) is 0 Å². The summed E-state index contributed by atoms with van der Waals surface area (Å²) in [6.45, 7) is 0. The van der Waals surface area contributed by atoms with Gasteiger partial charge in [0.25, 0.3) is 0 Å². The van der Waals surface area contributed by atoms with Crippen LogP contribution in [0.3, 0.4) is 0 Å². The van der Waals surface area contributed by atoms with E-state index in [1.807, 2.05) is 12.3 Å². The molecule has 2 nitrogen and oxygen atoms in total. The van der Waals surface area contributed by atoms with Crippen LogP contribution in [0.2, 0.25) is 0 Å². The van der Waals surface area contributed by atoms with E-state index in [0.29, 0.717) is 0 Å². The number of benzene rings is 1. The van der Waals surface area contributed by atoms with Crippen LogP contribution in [0, 0.1) is 11.3 Å². The predicted molar refractivity (Wildman–Crippen MR) is 104 cm³/mol. The Morgan fingerprint density at radius 1 is 1.00 bits per heavy atom. The van der Waals surface area contributed by atoms with E-state index in [-0.39, 0.29) is 11.5 Å². The molecule has 2 heterocycles. The minimum absolute atomic E-state index is 0.108. The van der Waals surface area contributed by atoms with Gasteiger partial charge in [-0.1, -0.05) is 55.0 Å². The Morgan fingerprint density at radius 2 is 1.88 bits per heavy atom. The maximum absolute atomic E-state index is 5.03. The molecule has 1 fully saturated rings. The highest BCUT2D eigenvalue weighted by Crippen LogP contribution is 2.50. The Hall–Kier alpha value is -2.48. The molecule has 0 amide bonds. The molecule has 1 saturated carbocycles. The second-order valence-electron chi connectivity index (χ2n) is 7.46. The first-order valence-corrected chi connectivity index (χ1v) is 9.31. The maximum Gasteiger partial charge on any atom is 0.0780 e. The van der Waals surface area contributed by atoms with Crippen LogP contribution < -0.4 is 10.6 Å². The molecule has 0 saturated heterocycles. The van der Waals surface area contributed by atoms with Crippen molar-refractivity contribution in [3.63, 3.8) is 0 Å². The summed E-state index contributed by atoms with van der Waals surface area (Å²) in [5.74, 6) is 0.726. The molecule has 1 aliphatic heterocycles.